The predicted octanol–water partition coefficient (Wildman–Crippen LogP) is 2.24. The maximum Gasteiger partial charge on any atom is 0.166 e. The molecule has 2 N–H and O–H groups in total. The Morgan fingerprint density at radius 1 is 1.10 bits per heavy atom. The lowest BCUT2D eigenvalue weighted by Crippen LogP contribution is -2.79. The average Bonchev–Trinajstić information content (AvgIpc) is 3.30. The second-order valence-electron chi connectivity index (χ2n) is 10.6. The maximum atomic E-state index is 12.7. The van der Waals surface area contributed by atoms with Crippen molar-refractivity contribution in [3.63, 3.8) is 0 Å². The summed E-state index contributed by atoms with van der Waals surface area (Å²) >= 11 is 0. The van der Waals surface area contributed by atoms with Gasteiger partial charge < -0.3 is 24.6 Å². The van der Waals surface area contributed by atoms with Gasteiger partial charge in [-0.25, -0.2) is 0 Å². The van der Waals surface area contributed by atoms with E-state index < -0.39 is 28.6 Å². The van der Waals surface area contributed by atoms with Crippen molar-refractivity contribution in [3.05, 3.63) is 58.7 Å². The predicted molar refractivity (Wildman–Crippen MR) is 116 cm³/mol. The Labute approximate surface area is 182 Å². The quantitative estimate of drug-likeness (QED) is 0.742. The van der Waals surface area contributed by atoms with Crippen LogP contribution in [0.5, 0.6) is 11.5 Å². The molecule has 2 fully saturated rings. The molecule has 2 aliphatic heterocycles. The summed E-state index contributed by atoms with van der Waals surface area (Å²) in [5.41, 5.74) is 2.99. The van der Waals surface area contributed by atoms with Gasteiger partial charge in [0.1, 0.15) is 6.10 Å². The lowest BCUT2D eigenvalue weighted by Gasteiger charge is -2.66. The van der Waals surface area contributed by atoms with E-state index in [1.54, 1.807) is 7.11 Å². The number of methoxy groups -OCH3 is 1. The van der Waals surface area contributed by atoms with Crippen LogP contribution in [0.25, 0.3) is 0 Å². The van der Waals surface area contributed by atoms with Gasteiger partial charge in [-0.1, -0.05) is 30.3 Å². The number of nitrogens with zero attached hydrogens (tertiary/aromatic N) is 1. The van der Waals surface area contributed by atoms with Crippen LogP contribution in [0.2, 0.25) is 0 Å². The van der Waals surface area contributed by atoms with Gasteiger partial charge in [-0.05, 0) is 68.5 Å². The Morgan fingerprint density at radius 3 is 2.55 bits per heavy atom. The Hall–Kier alpha value is -2.08. The molecule has 2 aromatic carbocycles. The molecule has 1 saturated carbocycles. The van der Waals surface area contributed by atoms with Crippen LogP contribution >= 0.6 is 0 Å². The van der Waals surface area contributed by atoms with E-state index in [0.29, 0.717) is 12.2 Å². The highest BCUT2D eigenvalue weighted by Gasteiger charge is 2.77. The Balaban J connectivity index is 1.46. The SMILES string of the molecule is COc1ccc2c3c1OC1C(O)C4(Cc5ccccc5C4)CC4(O)C(C2)N(C)CCC314. The Kier molecular flexibility index (Phi) is 3.36. The largest absolute Gasteiger partial charge is 0.493 e. The molecule has 1 saturated heterocycles. The fraction of sp³-hybridized carbons (Fsp3) is 0.538. The number of hydrogen-bond acceptors (Lipinski definition) is 5. The van der Waals surface area contributed by atoms with E-state index in [2.05, 4.69) is 42.3 Å². The van der Waals surface area contributed by atoms with Crippen LogP contribution < -0.4 is 9.47 Å². The zero-order valence-corrected chi connectivity index (χ0v) is 18.1. The van der Waals surface area contributed by atoms with Gasteiger partial charge in [-0.3, -0.25) is 0 Å². The molecule has 2 aromatic rings. The molecular formula is C26H29NO4. The van der Waals surface area contributed by atoms with Crippen LogP contribution in [0.4, 0.5) is 0 Å². The van der Waals surface area contributed by atoms with Crippen molar-refractivity contribution in [2.75, 3.05) is 20.7 Å². The van der Waals surface area contributed by atoms with Crippen molar-refractivity contribution < 1.29 is 19.7 Å². The molecule has 2 spiro atoms. The van der Waals surface area contributed by atoms with E-state index in [4.69, 9.17) is 9.47 Å². The topological polar surface area (TPSA) is 62.2 Å². The van der Waals surface area contributed by atoms with Gasteiger partial charge in [0.2, 0.25) is 0 Å². The smallest absolute Gasteiger partial charge is 0.166 e. The van der Waals surface area contributed by atoms with Crippen molar-refractivity contribution in [2.45, 2.75) is 61.4 Å². The molecule has 0 aromatic heterocycles. The lowest BCUT2D eigenvalue weighted by atomic mass is 9.44. The number of likely N-dealkylation sites (tertiary alicyclic amines) is 1. The third kappa shape index (κ3) is 1.92. The van der Waals surface area contributed by atoms with Crippen molar-refractivity contribution in [3.8, 4) is 11.5 Å². The first-order valence-corrected chi connectivity index (χ1v) is 11.5. The summed E-state index contributed by atoms with van der Waals surface area (Å²) in [6, 6.07) is 12.6. The van der Waals surface area contributed by atoms with Crippen LogP contribution in [0.3, 0.4) is 0 Å². The van der Waals surface area contributed by atoms with E-state index in [-0.39, 0.29) is 6.04 Å². The summed E-state index contributed by atoms with van der Waals surface area (Å²) in [4.78, 5) is 2.33. The summed E-state index contributed by atoms with van der Waals surface area (Å²) in [7, 11) is 3.80. The molecule has 5 nitrogen and oxygen atoms in total. The van der Waals surface area contributed by atoms with E-state index >= 15 is 0 Å². The fourth-order valence-corrected chi connectivity index (χ4v) is 8.19. The molecule has 0 radical (unpaired) electrons. The first-order valence-electron chi connectivity index (χ1n) is 11.5. The van der Waals surface area contributed by atoms with Crippen LogP contribution in [0.1, 0.15) is 35.1 Å². The first-order chi connectivity index (χ1) is 14.9. The summed E-state index contributed by atoms with van der Waals surface area (Å²) in [6.45, 7) is 0.892. The number of fused-ring (bicyclic) bond motifs is 1. The maximum absolute atomic E-state index is 12.7. The van der Waals surface area contributed by atoms with Crippen molar-refractivity contribution in [2.24, 2.45) is 5.41 Å². The molecule has 2 heterocycles. The van der Waals surface area contributed by atoms with Crippen LogP contribution in [-0.2, 0) is 24.7 Å². The molecule has 5 unspecified atom stereocenters. The highest BCUT2D eigenvalue weighted by atomic mass is 16.5. The molecule has 5 atom stereocenters. The zero-order valence-electron chi connectivity index (χ0n) is 18.1. The number of piperidine rings is 1. The van der Waals surface area contributed by atoms with Crippen molar-refractivity contribution in [1.29, 1.82) is 0 Å². The van der Waals surface area contributed by atoms with Gasteiger partial charge in [-0.2, -0.15) is 0 Å². The summed E-state index contributed by atoms with van der Waals surface area (Å²) in [5.74, 6) is 1.45. The molecule has 0 amide bonds. The second kappa shape index (κ2) is 5.64. The van der Waals surface area contributed by atoms with E-state index in [9.17, 15) is 10.2 Å². The number of aliphatic hydroxyl groups excluding tert-OH is 1. The van der Waals surface area contributed by atoms with Crippen LogP contribution in [0.15, 0.2) is 36.4 Å². The van der Waals surface area contributed by atoms with E-state index in [1.807, 2.05) is 6.07 Å². The number of likely N-dealkylation sites (N-methyl/N-ethyl adjacent to an activating group) is 1. The first kappa shape index (κ1) is 18.5. The molecule has 5 heteroatoms. The third-order valence-electron chi connectivity index (χ3n) is 9.47. The number of aliphatic hydroxyl groups is 2. The number of hydrogen-bond donors (Lipinski definition) is 2. The normalized spacial score (nSPS) is 38.5. The average molecular weight is 420 g/mol. The lowest BCUT2D eigenvalue weighted by molar-refractivity contribution is -0.243. The third-order valence-corrected chi connectivity index (χ3v) is 9.47. The molecule has 162 valence electrons. The Morgan fingerprint density at radius 2 is 1.84 bits per heavy atom. The van der Waals surface area contributed by atoms with Crippen LogP contribution in [-0.4, -0.2) is 59.7 Å². The van der Waals surface area contributed by atoms with Gasteiger partial charge >= 0.3 is 0 Å². The number of ether oxygens (including phenoxy) is 2. The minimum atomic E-state index is -0.948. The highest BCUT2D eigenvalue weighted by Crippen LogP contribution is 2.69. The van der Waals surface area contributed by atoms with Crippen LogP contribution in [0, 0.1) is 5.41 Å². The number of benzene rings is 2. The van der Waals surface area contributed by atoms with Gasteiger partial charge in [0, 0.05) is 17.0 Å². The standard InChI is InChI=1S/C26H29NO4/c1-27-10-9-25-20-15-7-8-18(30-2)21(20)31-23(25)22(28)24(14-26(25,29)19(27)11-15)12-16-5-3-4-6-17(16)13-24/h3-8,19,22-23,28-29H,9-14H2,1-2H3. The molecular weight excluding hydrogens is 390 g/mol. The molecule has 31 heavy (non-hydrogen) atoms. The summed E-state index contributed by atoms with van der Waals surface area (Å²) in [6.07, 6.45) is 2.67. The van der Waals surface area contributed by atoms with E-state index in [0.717, 1.165) is 43.5 Å². The molecule has 5 aliphatic rings. The van der Waals surface area contributed by atoms with Crippen molar-refractivity contribution >= 4 is 0 Å². The minimum absolute atomic E-state index is 0.0206. The van der Waals surface area contributed by atoms with Gasteiger partial charge in [-0.15, -0.1) is 0 Å². The van der Waals surface area contributed by atoms with Gasteiger partial charge in [0.05, 0.1) is 24.2 Å². The second-order valence-corrected chi connectivity index (χ2v) is 10.6. The monoisotopic (exact) mass is 419 g/mol. The van der Waals surface area contributed by atoms with Crippen molar-refractivity contribution in [1.82, 2.24) is 4.90 Å². The summed E-state index contributed by atoms with van der Waals surface area (Å²) in [5, 5.41) is 24.7. The minimum Gasteiger partial charge on any atom is -0.493 e. The Bertz CT molecular complexity index is 1090. The molecule has 7 rings (SSSR count). The fourth-order valence-electron chi connectivity index (χ4n) is 8.19. The van der Waals surface area contributed by atoms with E-state index in [1.165, 1.54) is 16.7 Å². The van der Waals surface area contributed by atoms with Gasteiger partial charge in [0.25, 0.3) is 0 Å². The highest BCUT2D eigenvalue weighted by molar-refractivity contribution is 5.63. The zero-order chi connectivity index (χ0) is 21.2. The molecule has 3 aliphatic carbocycles. The van der Waals surface area contributed by atoms with Gasteiger partial charge in [0.15, 0.2) is 11.5 Å². The number of rotatable bonds is 1. The summed E-state index contributed by atoms with van der Waals surface area (Å²) < 4.78 is 12.3. The molecule has 2 bridgehead atoms.